The van der Waals surface area contributed by atoms with Crippen molar-refractivity contribution in [2.75, 3.05) is 20.2 Å². The first-order valence-electron chi connectivity index (χ1n) is 13.8. The van der Waals surface area contributed by atoms with Gasteiger partial charge in [-0.1, -0.05) is 52.2 Å². The van der Waals surface area contributed by atoms with Crippen molar-refractivity contribution in [3.63, 3.8) is 0 Å². The van der Waals surface area contributed by atoms with Crippen molar-refractivity contribution in [1.82, 2.24) is 4.90 Å². The summed E-state index contributed by atoms with van der Waals surface area (Å²) in [4.78, 5) is 15.4. The Morgan fingerprint density at radius 2 is 1.91 bits per heavy atom. The topological polar surface area (TPSA) is 42.7 Å². The number of furan rings is 1. The average Bonchev–Trinajstić information content (AvgIpc) is 3.26. The van der Waals surface area contributed by atoms with Gasteiger partial charge in [-0.2, -0.15) is 0 Å². The molecule has 2 aliphatic rings. The first-order valence-corrected chi connectivity index (χ1v) is 13.8. The third-order valence-corrected chi connectivity index (χ3v) is 9.23. The van der Waals surface area contributed by atoms with Gasteiger partial charge in [-0.15, -0.1) is 0 Å². The zero-order valence-corrected chi connectivity index (χ0v) is 22.6. The Morgan fingerprint density at radius 3 is 2.56 bits per heavy atom. The normalized spacial score (nSPS) is 29.3. The van der Waals surface area contributed by atoms with Crippen molar-refractivity contribution in [1.29, 1.82) is 0 Å². The van der Waals surface area contributed by atoms with Crippen LogP contribution in [0, 0.1) is 22.7 Å². The van der Waals surface area contributed by atoms with Crippen LogP contribution in [0.15, 0.2) is 28.9 Å². The number of fused-ring (bicyclic) bond motifs is 1. The summed E-state index contributed by atoms with van der Waals surface area (Å²) >= 11 is 0. The smallest absolute Gasteiger partial charge is 0.311 e. The molecule has 0 amide bonds. The molecule has 0 unspecified atom stereocenters. The molecule has 2 aliphatic carbocycles. The van der Waals surface area contributed by atoms with Crippen LogP contribution in [0.4, 0.5) is 0 Å². The van der Waals surface area contributed by atoms with E-state index in [2.05, 4.69) is 45.2 Å². The highest BCUT2D eigenvalue weighted by molar-refractivity contribution is 5.77. The molecule has 0 aromatic carbocycles. The van der Waals surface area contributed by atoms with E-state index in [1.165, 1.54) is 43.2 Å². The number of unbranched alkanes of at least 4 members (excludes halogenated alkanes) is 2. The molecule has 4 atom stereocenters. The molecule has 3 rings (SSSR count). The zero-order chi connectivity index (χ0) is 24.8. The van der Waals surface area contributed by atoms with E-state index in [1.807, 2.05) is 6.26 Å². The fraction of sp³-hybridized carbons (Fsp3) is 0.767. The molecule has 2 saturated carbocycles. The maximum Gasteiger partial charge on any atom is 0.311 e. The number of nitrogens with zero attached hydrogens (tertiary/aromatic N) is 1. The van der Waals surface area contributed by atoms with Crippen LogP contribution < -0.4 is 0 Å². The van der Waals surface area contributed by atoms with Crippen LogP contribution in [0.1, 0.15) is 103 Å². The Kier molecular flexibility index (Phi) is 9.49. The monoisotopic (exact) mass is 471 g/mol. The van der Waals surface area contributed by atoms with Gasteiger partial charge in [0.05, 0.1) is 25.3 Å². The van der Waals surface area contributed by atoms with Gasteiger partial charge in [0.1, 0.15) is 5.76 Å². The number of hydrogen-bond donors (Lipinski definition) is 0. The van der Waals surface area contributed by atoms with E-state index in [9.17, 15) is 4.79 Å². The quantitative estimate of drug-likeness (QED) is 0.233. The van der Waals surface area contributed by atoms with E-state index in [-0.39, 0.29) is 16.8 Å². The van der Waals surface area contributed by atoms with Gasteiger partial charge in [-0.3, -0.25) is 9.69 Å². The largest absolute Gasteiger partial charge is 0.469 e. The van der Waals surface area contributed by atoms with E-state index in [0.29, 0.717) is 11.8 Å². The Morgan fingerprint density at radius 1 is 1.21 bits per heavy atom. The molecule has 1 aromatic rings. The molecule has 0 radical (unpaired) electrons. The maximum absolute atomic E-state index is 12.9. The van der Waals surface area contributed by atoms with Crippen LogP contribution in [0.2, 0.25) is 0 Å². The van der Waals surface area contributed by atoms with Crippen LogP contribution in [-0.2, 0) is 22.5 Å². The van der Waals surface area contributed by atoms with Crippen molar-refractivity contribution in [3.8, 4) is 0 Å². The number of ether oxygens (including phenoxy) is 1. The van der Waals surface area contributed by atoms with Crippen LogP contribution in [0.5, 0.6) is 0 Å². The molecular formula is C30H49NO3. The third-order valence-electron chi connectivity index (χ3n) is 9.23. The number of methoxy groups -OCH3 is 1. The van der Waals surface area contributed by atoms with Crippen LogP contribution in [0.3, 0.4) is 0 Å². The first-order chi connectivity index (χ1) is 16.3. The number of carbonyl (C=O) groups is 1. The number of esters is 1. The van der Waals surface area contributed by atoms with Gasteiger partial charge in [0.2, 0.25) is 0 Å². The van der Waals surface area contributed by atoms with E-state index in [0.717, 1.165) is 63.9 Å². The molecule has 4 heteroatoms. The molecule has 0 N–H and O–H groups in total. The standard InChI is InChI=1S/C30H49NO3/c1-7-9-19-31(20-10-8-2)22-26-24(16-21-34-26)13-14-25-23(3)12-15-27-29(25,4)17-11-18-30(27,5)28(32)33-6/h16,21,25,27H,3,7-15,17-20,22H2,1-2,4-6H3/t25-,27-,29-,30+/m1/s1. The van der Waals surface area contributed by atoms with Crippen molar-refractivity contribution in [2.45, 2.75) is 105 Å². The molecule has 0 saturated heterocycles. The van der Waals surface area contributed by atoms with Gasteiger partial charge in [0.25, 0.3) is 0 Å². The Bertz CT molecular complexity index is 806. The first kappa shape index (κ1) is 27.0. The number of aryl methyl sites for hydroxylation is 1. The van der Waals surface area contributed by atoms with Gasteiger partial charge >= 0.3 is 5.97 Å². The molecule has 0 aliphatic heterocycles. The molecule has 192 valence electrons. The van der Waals surface area contributed by atoms with E-state index < -0.39 is 0 Å². The minimum Gasteiger partial charge on any atom is -0.469 e. The molecular weight excluding hydrogens is 422 g/mol. The summed E-state index contributed by atoms with van der Waals surface area (Å²) in [7, 11) is 1.55. The highest BCUT2D eigenvalue weighted by Gasteiger charge is 2.57. The molecule has 0 bridgehead atoms. The second-order valence-electron chi connectivity index (χ2n) is 11.5. The Balaban J connectivity index is 1.73. The summed E-state index contributed by atoms with van der Waals surface area (Å²) < 4.78 is 11.3. The van der Waals surface area contributed by atoms with Crippen molar-refractivity contribution in [3.05, 3.63) is 35.8 Å². The van der Waals surface area contributed by atoms with Crippen LogP contribution in [0.25, 0.3) is 0 Å². The van der Waals surface area contributed by atoms with E-state index in [1.54, 1.807) is 7.11 Å². The molecule has 4 nitrogen and oxygen atoms in total. The van der Waals surface area contributed by atoms with Gasteiger partial charge in [0, 0.05) is 0 Å². The van der Waals surface area contributed by atoms with Gasteiger partial charge in [-0.05, 0) is 100 Å². The predicted octanol–water partition coefficient (Wildman–Crippen LogP) is 7.57. The maximum atomic E-state index is 12.9. The van der Waals surface area contributed by atoms with Gasteiger partial charge < -0.3 is 9.15 Å². The lowest BCUT2D eigenvalue weighted by Gasteiger charge is -2.57. The number of rotatable bonds is 12. The number of carbonyl (C=O) groups excluding carboxylic acids is 1. The highest BCUT2D eigenvalue weighted by atomic mass is 16.5. The Hall–Kier alpha value is -1.55. The van der Waals surface area contributed by atoms with Crippen molar-refractivity contribution in [2.24, 2.45) is 22.7 Å². The van der Waals surface area contributed by atoms with Crippen LogP contribution in [-0.4, -0.2) is 31.1 Å². The Labute approximate surface area is 208 Å². The SMILES string of the molecule is C=C1CC[C@@H]2[C@](C)(CCC[C@]2(C)C(=O)OC)[C@@H]1CCc1ccoc1CN(CCCC)CCCC. The molecule has 1 heterocycles. The molecule has 2 fully saturated rings. The fourth-order valence-corrected chi connectivity index (χ4v) is 7.22. The minimum atomic E-state index is -0.374. The van der Waals surface area contributed by atoms with Crippen molar-refractivity contribution >= 4 is 5.97 Å². The lowest BCUT2D eigenvalue weighted by atomic mass is 9.46. The fourth-order valence-electron chi connectivity index (χ4n) is 7.22. The summed E-state index contributed by atoms with van der Waals surface area (Å²) in [5.74, 6) is 1.91. The second-order valence-corrected chi connectivity index (χ2v) is 11.5. The third kappa shape index (κ3) is 5.64. The minimum absolute atomic E-state index is 0.0222. The lowest BCUT2D eigenvalue weighted by molar-refractivity contribution is -0.168. The van der Waals surface area contributed by atoms with Crippen molar-refractivity contribution < 1.29 is 13.9 Å². The summed E-state index contributed by atoms with van der Waals surface area (Å²) in [6.45, 7) is 16.8. The summed E-state index contributed by atoms with van der Waals surface area (Å²) in [5.41, 5.74) is 2.46. The lowest BCUT2D eigenvalue weighted by Crippen LogP contribution is -2.53. The second kappa shape index (κ2) is 11.9. The number of allylic oxidation sites excluding steroid dienone is 1. The van der Waals surface area contributed by atoms with Crippen LogP contribution >= 0.6 is 0 Å². The zero-order valence-electron chi connectivity index (χ0n) is 22.6. The highest BCUT2D eigenvalue weighted by Crippen LogP contribution is 2.62. The molecule has 34 heavy (non-hydrogen) atoms. The van der Waals surface area contributed by atoms with E-state index in [4.69, 9.17) is 9.15 Å². The summed E-state index contributed by atoms with van der Waals surface area (Å²) in [6, 6.07) is 2.18. The summed E-state index contributed by atoms with van der Waals surface area (Å²) in [6.07, 6.45) is 14.2. The molecule has 1 aromatic heterocycles. The number of hydrogen-bond acceptors (Lipinski definition) is 4. The van der Waals surface area contributed by atoms with E-state index >= 15 is 0 Å². The predicted molar refractivity (Wildman–Crippen MR) is 140 cm³/mol. The molecule has 0 spiro atoms. The van der Waals surface area contributed by atoms with Gasteiger partial charge in [0.15, 0.2) is 0 Å². The summed E-state index contributed by atoms with van der Waals surface area (Å²) in [5, 5.41) is 0. The average molecular weight is 472 g/mol. The van der Waals surface area contributed by atoms with Gasteiger partial charge in [-0.25, -0.2) is 0 Å².